The number of hydrogen-bond acceptors (Lipinski definition) is 4. The van der Waals surface area contributed by atoms with E-state index in [0.29, 0.717) is 26.1 Å². The highest BCUT2D eigenvalue weighted by Crippen LogP contribution is 2.30. The van der Waals surface area contributed by atoms with Crippen LogP contribution in [0.3, 0.4) is 0 Å². The summed E-state index contributed by atoms with van der Waals surface area (Å²) in [5, 5.41) is 14.3. The zero-order chi connectivity index (χ0) is 13.7. The van der Waals surface area contributed by atoms with E-state index in [4.69, 9.17) is 4.74 Å². The summed E-state index contributed by atoms with van der Waals surface area (Å²) < 4.78 is 5.24. The highest BCUT2D eigenvalue weighted by Gasteiger charge is 2.40. The average Bonchev–Trinajstić information content (AvgIpc) is 2.92. The van der Waals surface area contributed by atoms with Gasteiger partial charge in [-0.25, -0.2) is 0 Å². The zero-order valence-corrected chi connectivity index (χ0v) is 11.8. The lowest BCUT2D eigenvalue weighted by atomic mass is 9.80. The lowest BCUT2D eigenvalue weighted by molar-refractivity contribution is -0.133. The molecule has 1 N–H and O–H groups in total. The van der Waals surface area contributed by atoms with Gasteiger partial charge in [-0.15, -0.1) is 11.3 Å². The molecule has 1 fully saturated rings. The van der Waals surface area contributed by atoms with Crippen LogP contribution in [0.5, 0.6) is 0 Å². The minimum Gasteiger partial charge on any atom is -0.381 e. The summed E-state index contributed by atoms with van der Waals surface area (Å²) in [4.78, 5) is 13.5. The Bertz CT molecular complexity index is 458. The van der Waals surface area contributed by atoms with Crippen molar-refractivity contribution in [1.29, 1.82) is 5.26 Å². The van der Waals surface area contributed by atoms with Gasteiger partial charge in [0.15, 0.2) is 0 Å². The Kier molecular flexibility index (Phi) is 4.56. The van der Waals surface area contributed by atoms with Gasteiger partial charge < -0.3 is 10.1 Å². The Hall–Kier alpha value is -1.38. The second kappa shape index (κ2) is 6.18. The molecule has 1 aliphatic rings. The van der Waals surface area contributed by atoms with E-state index in [0.717, 1.165) is 6.42 Å². The van der Waals surface area contributed by atoms with Crippen molar-refractivity contribution >= 4 is 17.2 Å². The Labute approximate surface area is 117 Å². The van der Waals surface area contributed by atoms with Gasteiger partial charge in [-0.05, 0) is 31.2 Å². The standard InChI is InChI=1S/C14H18N2O2S/c1-11(9-12-3-2-8-19-12)16-13(17)14(10-15)4-6-18-7-5-14/h2-3,8,11H,4-7,9H2,1H3,(H,16,17). The smallest absolute Gasteiger partial charge is 0.240 e. The first-order valence-corrected chi connectivity index (χ1v) is 7.36. The summed E-state index contributed by atoms with van der Waals surface area (Å²) in [5.41, 5.74) is -0.901. The van der Waals surface area contributed by atoms with Crippen molar-refractivity contribution in [2.24, 2.45) is 5.41 Å². The van der Waals surface area contributed by atoms with Gasteiger partial charge in [-0.3, -0.25) is 4.79 Å². The average molecular weight is 278 g/mol. The van der Waals surface area contributed by atoms with Gasteiger partial charge in [0, 0.05) is 30.6 Å². The van der Waals surface area contributed by atoms with Crippen molar-refractivity contribution in [1.82, 2.24) is 5.32 Å². The third-order valence-corrected chi connectivity index (χ3v) is 4.36. The monoisotopic (exact) mass is 278 g/mol. The summed E-state index contributed by atoms with van der Waals surface area (Å²) in [7, 11) is 0. The molecular formula is C14H18N2O2S. The number of ether oxygens (including phenoxy) is 1. The number of carbonyl (C=O) groups excluding carboxylic acids is 1. The Balaban J connectivity index is 1.94. The lowest BCUT2D eigenvalue weighted by Gasteiger charge is -2.30. The molecule has 2 rings (SSSR count). The zero-order valence-electron chi connectivity index (χ0n) is 11.0. The molecule has 5 heteroatoms. The van der Waals surface area contributed by atoms with Gasteiger partial charge in [-0.2, -0.15) is 5.26 Å². The van der Waals surface area contributed by atoms with Crippen LogP contribution in [0.25, 0.3) is 0 Å². The minimum atomic E-state index is -0.901. The SMILES string of the molecule is CC(Cc1cccs1)NC(=O)C1(C#N)CCOCC1. The molecule has 0 radical (unpaired) electrons. The molecule has 1 unspecified atom stereocenters. The molecule has 1 amide bonds. The molecule has 102 valence electrons. The number of nitrogens with one attached hydrogen (secondary N) is 1. The van der Waals surface area contributed by atoms with Gasteiger partial charge in [0.1, 0.15) is 5.41 Å². The van der Waals surface area contributed by atoms with Crippen LogP contribution in [0.15, 0.2) is 17.5 Å². The first kappa shape index (κ1) is 14.0. The van der Waals surface area contributed by atoms with Gasteiger partial charge in [-0.1, -0.05) is 6.07 Å². The molecule has 0 spiro atoms. The van der Waals surface area contributed by atoms with Crippen molar-refractivity contribution in [2.75, 3.05) is 13.2 Å². The van der Waals surface area contributed by atoms with E-state index >= 15 is 0 Å². The van der Waals surface area contributed by atoms with Crippen molar-refractivity contribution in [3.8, 4) is 6.07 Å². The summed E-state index contributed by atoms with van der Waals surface area (Å²) >= 11 is 1.68. The normalized spacial score (nSPS) is 19.4. The highest BCUT2D eigenvalue weighted by atomic mass is 32.1. The molecule has 0 saturated carbocycles. The fourth-order valence-corrected chi connectivity index (χ4v) is 3.09. The van der Waals surface area contributed by atoms with Crippen LogP contribution >= 0.6 is 11.3 Å². The maximum atomic E-state index is 12.3. The summed E-state index contributed by atoms with van der Waals surface area (Å²) in [5.74, 6) is -0.151. The van der Waals surface area contributed by atoms with Gasteiger partial charge in [0.2, 0.25) is 5.91 Å². The number of nitriles is 1. The molecule has 2 heterocycles. The van der Waals surface area contributed by atoms with E-state index in [2.05, 4.69) is 17.5 Å². The maximum Gasteiger partial charge on any atom is 0.240 e. The number of carbonyl (C=O) groups is 1. The van der Waals surface area contributed by atoms with Gasteiger partial charge >= 0.3 is 0 Å². The van der Waals surface area contributed by atoms with Crippen molar-refractivity contribution in [3.63, 3.8) is 0 Å². The van der Waals surface area contributed by atoms with Crippen LogP contribution in [0.1, 0.15) is 24.6 Å². The first-order chi connectivity index (χ1) is 9.16. The quantitative estimate of drug-likeness (QED) is 0.917. The second-order valence-corrected chi connectivity index (χ2v) is 6.00. The minimum absolute atomic E-state index is 0.0409. The lowest BCUT2D eigenvalue weighted by Crippen LogP contribution is -2.47. The van der Waals surface area contributed by atoms with E-state index < -0.39 is 5.41 Å². The van der Waals surface area contributed by atoms with Gasteiger partial charge in [0.05, 0.1) is 6.07 Å². The van der Waals surface area contributed by atoms with Crippen LogP contribution in [-0.2, 0) is 16.0 Å². The predicted octanol–water partition coefficient (Wildman–Crippen LogP) is 2.12. The van der Waals surface area contributed by atoms with E-state index in [1.165, 1.54) is 4.88 Å². The first-order valence-electron chi connectivity index (χ1n) is 6.49. The van der Waals surface area contributed by atoms with Gasteiger partial charge in [0.25, 0.3) is 0 Å². The molecule has 19 heavy (non-hydrogen) atoms. The Morgan fingerprint density at radius 1 is 1.63 bits per heavy atom. The summed E-state index contributed by atoms with van der Waals surface area (Å²) in [6.45, 7) is 2.95. The maximum absolute atomic E-state index is 12.3. The van der Waals surface area contributed by atoms with Crippen molar-refractivity contribution in [3.05, 3.63) is 22.4 Å². The van der Waals surface area contributed by atoms with Crippen LogP contribution in [0.2, 0.25) is 0 Å². The van der Waals surface area contributed by atoms with Crippen molar-refractivity contribution in [2.45, 2.75) is 32.2 Å². The third kappa shape index (κ3) is 3.34. The van der Waals surface area contributed by atoms with Crippen LogP contribution in [-0.4, -0.2) is 25.2 Å². The van der Waals surface area contributed by atoms with Crippen LogP contribution < -0.4 is 5.32 Å². The van der Waals surface area contributed by atoms with Crippen LogP contribution in [0.4, 0.5) is 0 Å². The molecule has 0 aliphatic carbocycles. The topological polar surface area (TPSA) is 62.1 Å². The molecule has 0 bridgehead atoms. The van der Waals surface area contributed by atoms with E-state index in [-0.39, 0.29) is 11.9 Å². The Morgan fingerprint density at radius 2 is 2.37 bits per heavy atom. The molecule has 1 atom stereocenters. The Morgan fingerprint density at radius 3 is 2.95 bits per heavy atom. The number of thiophene rings is 1. The highest BCUT2D eigenvalue weighted by molar-refractivity contribution is 7.09. The number of rotatable bonds is 4. The molecule has 0 aromatic carbocycles. The largest absolute Gasteiger partial charge is 0.381 e. The number of nitrogens with zero attached hydrogens (tertiary/aromatic N) is 1. The number of amides is 1. The summed E-state index contributed by atoms with van der Waals surface area (Å²) in [6, 6.07) is 6.29. The van der Waals surface area contributed by atoms with E-state index in [1.807, 2.05) is 18.4 Å². The molecular weight excluding hydrogens is 260 g/mol. The third-order valence-electron chi connectivity index (χ3n) is 3.46. The fourth-order valence-electron chi connectivity index (χ4n) is 2.25. The number of hydrogen-bond donors (Lipinski definition) is 1. The van der Waals surface area contributed by atoms with E-state index in [1.54, 1.807) is 11.3 Å². The summed E-state index contributed by atoms with van der Waals surface area (Å²) in [6.07, 6.45) is 1.78. The molecule has 1 aromatic rings. The second-order valence-electron chi connectivity index (χ2n) is 4.96. The van der Waals surface area contributed by atoms with Crippen LogP contribution in [0, 0.1) is 16.7 Å². The van der Waals surface area contributed by atoms with Crippen molar-refractivity contribution < 1.29 is 9.53 Å². The molecule has 1 saturated heterocycles. The molecule has 1 aliphatic heterocycles. The van der Waals surface area contributed by atoms with E-state index in [9.17, 15) is 10.1 Å². The fraction of sp³-hybridized carbons (Fsp3) is 0.571. The predicted molar refractivity (Wildman–Crippen MR) is 73.7 cm³/mol. The molecule has 1 aromatic heterocycles. The molecule has 4 nitrogen and oxygen atoms in total.